The molecule has 7 nitrogen and oxygen atoms in total. The van der Waals surface area contributed by atoms with Gasteiger partial charge in [0.25, 0.3) is 0 Å². The highest BCUT2D eigenvalue weighted by atomic mass is 16.6. The van der Waals surface area contributed by atoms with E-state index >= 15 is 0 Å². The van der Waals surface area contributed by atoms with Crippen LogP contribution in [0, 0.1) is 5.92 Å². The summed E-state index contributed by atoms with van der Waals surface area (Å²) in [6, 6.07) is 0. The van der Waals surface area contributed by atoms with E-state index in [-0.39, 0.29) is 24.9 Å². The molecule has 1 aliphatic heterocycles. The van der Waals surface area contributed by atoms with E-state index < -0.39 is 24.1 Å². The zero-order valence-electron chi connectivity index (χ0n) is 12.6. The molecule has 0 aromatic rings. The molecular formula is C14H22O7. The minimum absolute atomic E-state index is 0.0256. The molecule has 0 N–H and O–H groups in total. The normalized spacial score (nSPS) is 25.0. The Morgan fingerprint density at radius 2 is 1.90 bits per heavy atom. The van der Waals surface area contributed by atoms with Gasteiger partial charge in [-0.1, -0.05) is 0 Å². The fraction of sp³-hybridized carbons (Fsp3) is 0.786. The van der Waals surface area contributed by atoms with Gasteiger partial charge in [0.15, 0.2) is 0 Å². The number of hydrogen-bond acceptors (Lipinski definition) is 7. The summed E-state index contributed by atoms with van der Waals surface area (Å²) >= 11 is 0. The van der Waals surface area contributed by atoms with Crippen molar-refractivity contribution in [3.8, 4) is 0 Å². The average molecular weight is 302 g/mol. The van der Waals surface area contributed by atoms with E-state index in [1.165, 1.54) is 21.0 Å². The molecule has 1 fully saturated rings. The average Bonchev–Trinajstić information content (AvgIpc) is 2.43. The second-order valence-electron chi connectivity index (χ2n) is 4.95. The molecule has 0 amide bonds. The van der Waals surface area contributed by atoms with Crippen molar-refractivity contribution in [2.45, 2.75) is 45.3 Å². The van der Waals surface area contributed by atoms with Crippen LogP contribution in [0.5, 0.6) is 0 Å². The van der Waals surface area contributed by atoms with E-state index in [0.29, 0.717) is 19.4 Å². The van der Waals surface area contributed by atoms with Gasteiger partial charge in [0, 0.05) is 32.8 Å². The van der Waals surface area contributed by atoms with Gasteiger partial charge in [-0.3, -0.25) is 14.4 Å². The number of rotatable bonds is 6. The van der Waals surface area contributed by atoms with Gasteiger partial charge in [0.05, 0.1) is 7.11 Å². The predicted molar refractivity (Wildman–Crippen MR) is 71.3 cm³/mol. The molecule has 0 bridgehead atoms. The van der Waals surface area contributed by atoms with Crippen LogP contribution in [-0.2, 0) is 33.3 Å². The first-order chi connectivity index (χ1) is 9.93. The topological polar surface area (TPSA) is 88.1 Å². The lowest BCUT2D eigenvalue weighted by atomic mass is 9.88. The maximum absolute atomic E-state index is 11.3. The lowest BCUT2D eigenvalue weighted by Crippen LogP contribution is -2.46. The number of methoxy groups -OCH3 is 1. The first kappa shape index (κ1) is 17.4. The fourth-order valence-corrected chi connectivity index (χ4v) is 2.35. The molecule has 0 aromatic heterocycles. The summed E-state index contributed by atoms with van der Waals surface area (Å²) in [6.45, 7) is 3.12. The Bertz CT molecular complexity index is 380. The molecule has 120 valence electrons. The van der Waals surface area contributed by atoms with Crippen LogP contribution in [0.25, 0.3) is 0 Å². The quantitative estimate of drug-likeness (QED) is 0.530. The molecule has 1 aliphatic rings. The molecule has 0 spiro atoms. The van der Waals surface area contributed by atoms with Gasteiger partial charge in [0.2, 0.25) is 0 Å². The van der Waals surface area contributed by atoms with Crippen molar-refractivity contribution >= 4 is 17.9 Å². The minimum atomic E-state index is -0.528. The van der Waals surface area contributed by atoms with Crippen molar-refractivity contribution in [1.29, 1.82) is 0 Å². The maximum Gasteiger partial charge on any atom is 0.305 e. The first-order valence-electron chi connectivity index (χ1n) is 6.93. The van der Waals surface area contributed by atoms with Crippen molar-refractivity contribution in [2.75, 3.05) is 20.3 Å². The third-order valence-electron chi connectivity index (χ3n) is 3.35. The van der Waals surface area contributed by atoms with Gasteiger partial charge < -0.3 is 18.9 Å². The SMILES string of the molecule is COC(=O)CC[C@@H]1CCO[C@H](COC(C)=O)[C@H]1OC(C)=O. The summed E-state index contributed by atoms with van der Waals surface area (Å²) < 4.78 is 20.4. The van der Waals surface area contributed by atoms with E-state index in [4.69, 9.17) is 14.2 Å². The van der Waals surface area contributed by atoms with E-state index in [1.54, 1.807) is 0 Å². The Labute approximate surface area is 123 Å². The molecule has 0 unspecified atom stereocenters. The lowest BCUT2D eigenvalue weighted by molar-refractivity contribution is -0.180. The second kappa shape index (κ2) is 8.61. The molecule has 7 heteroatoms. The van der Waals surface area contributed by atoms with Crippen LogP contribution in [-0.4, -0.2) is 50.4 Å². The number of ether oxygens (including phenoxy) is 4. The van der Waals surface area contributed by atoms with Gasteiger partial charge in [-0.2, -0.15) is 0 Å². The summed E-state index contributed by atoms with van der Waals surface area (Å²) in [5, 5.41) is 0. The Hall–Kier alpha value is -1.63. The molecule has 1 heterocycles. The van der Waals surface area contributed by atoms with Crippen molar-refractivity contribution in [1.82, 2.24) is 0 Å². The van der Waals surface area contributed by atoms with Crippen LogP contribution in [0.4, 0.5) is 0 Å². The van der Waals surface area contributed by atoms with E-state index in [0.717, 1.165) is 0 Å². The van der Waals surface area contributed by atoms with Crippen LogP contribution in [0.3, 0.4) is 0 Å². The molecule has 3 atom stereocenters. The van der Waals surface area contributed by atoms with Gasteiger partial charge >= 0.3 is 17.9 Å². The van der Waals surface area contributed by atoms with Crippen LogP contribution < -0.4 is 0 Å². The Kier molecular flexibility index (Phi) is 7.14. The Morgan fingerprint density at radius 1 is 1.19 bits per heavy atom. The molecule has 0 aromatic carbocycles. The molecule has 1 saturated heterocycles. The zero-order chi connectivity index (χ0) is 15.8. The van der Waals surface area contributed by atoms with Gasteiger partial charge in [-0.15, -0.1) is 0 Å². The zero-order valence-corrected chi connectivity index (χ0v) is 12.6. The third-order valence-corrected chi connectivity index (χ3v) is 3.35. The van der Waals surface area contributed by atoms with E-state index in [9.17, 15) is 14.4 Å². The highest BCUT2D eigenvalue weighted by Gasteiger charge is 2.37. The smallest absolute Gasteiger partial charge is 0.305 e. The Balaban J connectivity index is 2.66. The van der Waals surface area contributed by atoms with Crippen molar-refractivity contribution in [2.24, 2.45) is 5.92 Å². The molecule has 0 radical (unpaired) electrons. The molecule has 21 heavy (non-hydrogen) atoms. The molecule has 0 aliphatic carbocycles. The first-order valence-corrected chi connectivity index (χ1v) is 6.93. The fourth-order valence-electron chi connectivity index (χ4n) is 2.35. The summed E-state index contributed by atoms with van der Waals surface area (Å²) in [5.41, 5.74) is 0. The van der Waals surface area contributed by atoms with Crippen LogP contribution in [0.2, 0.25) is 0 Å². The molecule has 1 rings (SSSR count). The number of carbonyl (C=O) groups excluding carboxylic acids is 3. The van der Waals surface area contributed by atoms with Gasteiger partial charge in [-0.25, -0.2) is 0 Å². The Morgan fingerprint density at radius 3 is 2.48 bits per heavy atom. The van der Waals surface area contributed by atoms with Gasteiger partial charge in [-0.05, 0) is 12.8 Å². The largest absolute Gasteiger partial charge is 0.469 e. The molecule has 0 saturated carbocycles. The monoisotopic (exact) mass is 302 g/mol. The number of hydrogen-bond donors (Lipinski definition) is 0. The maximum atomic E-state index is 11.3. The van der Waals surface area contributed by atoms with E-state index in [1.807, 2.05) is 0 Å². The standard InChI is InChI=1S/C14H22O7/c1-9(15)20-8-12-14(21-10(2)16)11(6-7-19-12)4-5-13(17)18-3/h11-12,14H,4-8H2,1-3H3/t11-,12-,14+/m1/s1. The van der Waals surface area contributed by atoms with Crippen LogP contribution >= 0.6 is 0 Å². The predicted octanol–water partition coefficient (Wildman–Crippen LogP) is 0.839. The lowest BCUT2D eigenvalue weighted by Gasteiger charge is -2.36. The van der Waals surface area contributed by atoms with Gasteiger partial charge in [0.1, 0.15) is 18.8 Å². The number of esters is 3. The molecular weight excluding hydrogens is 280 g/mol. The summed E-state index contributed by atoms with van der Waals surface area (Å²) in [7, 11) is 1.33. The minimum Gasteiger partial charge on any atom is -0.469 e. The third kappa shape index (κ3) is 6.12. The second-order valence-corrected chi connectivity index (χ2v) is 4.95. The summed E-state index contributed by atoms with van der Waals surface area (Å²) in [5.74, 6) is -1.18. The highest BCUT2D eigenvalue weighted by molar-refractivity contribution is 5.69. The van der Waals surface area contributed by atoms with Crippen molar-refractivity contribution in [3.05, 3.63) is 0 Å². The highest BCUT2D eigenvalue weighted by Crippen LogP contribution is 2.28. The van der Waals surface area contributed by atoms with Crippen molar-refractivity contribution in [3.63, 3.8) is 0 Å². The van der Waals surface area contributed by atoms with Crippen LogP contribution in [0.1, 0.15) is 33.1 Å². The van der Waals surface area contributed by atoms with Crippen molar-refractivity contribution < 1.29 is 33.3 Å². The van der Waals surface area contributed by atoms with E-state index in [2.05, 4.69) is 4.74 Å². The van der Waals surface area contributed by atoms with Crippen LogP contribution in [0.15, 0.2) is 0 Å². The summed E-state index contributed by atoms with van der Waals surface area (Å²) in [6.07, 6.45) is 0.421. The number of carbonyl (C=O) groups is 3. The summed E-state index contributed by atoms with van der Waals surface area (Å²) in [4.78, 5) is 33.4.